The summed E-state index contributed by atoms with van der Waals surface area (Å²) in [5, 5.41) is 9.28. The second-order valence-corrected chi connectivity index (χ2v) is 13.8. The lowest BCUT2D eigenvalue weighted by molar-refractivity contribution is 0.669. The van der Waals surface area contributed by atoms with E-state index in [4.69, 9.17) is 8.83 Å². The average molecular weight is 678 g/mol. The fraction of sp³-hybridized carbons (Fsp3) is 0. The molecule has 248 valence electrons. The second kappa shape index (κ2) is 11.7. The maximum absolute atomic E-state index is 6.44. The van der Waals surface area contributed by atoms with Gasteiger partial charge in [0.05, 0.1) is 5.69 Å². The van der Waals surface area contributed by atoms with Gasteiger partial charge >= 0.3 is 0 Å². The van der Waals surface area contributed by atoms with Gasteiger partial charge in [-0.1, -0.05) is 115 Å². The fourth-order valence-electron chi connectivity index (χ4n) is 8.02. The molecule has 0 saturated heterocycles. The van der Waals surface area contributed by atoms with Gasteiger partial charge in [-0.2, -0.15) is 0 Å². The van der Waals surface area contributed by atoms with E-state index in [1.165, 1.54) is 27.1 Å². The van der Waals surface area contributed by atoms with Crippen molar-refractivity contribution >= 4 is 82.5 Å². The van der Waals surface area contributed by atoms with Crippen LogP contribution < -0.4 is 4.90 Å². The molecule has 0 spiro atoms. The van der Waals surface area contributed by atoms with Crippen LogP contribution in [0.1, 0.15) is 0 Å². The summed E-state index contributed by atoms with van der Waals surface area (Å²) < 4.78 is 12.8. The Morgan fingerprint density at radius 1 is 0.302 bits per heavy atom. The van der Waals surface area contributed by atoms with Crippen molar-refractivity contribution in [2.45, 2.75) is 0 Å². The molecule has 53 heavy (non-hydrogen) atoms. The van der Waals surface area contributed by atoms with Crippen molar-refractivity contribution in [3.05, 3.63) is 188 Å². The van der Waals surface area contributed by atoms with Crippen LogP contribution in [0.5, 0.6) is 0 Å². The van der Waals surface area contributed by atoms with Crippen LogP contribution in [0, 0.1) is 0 Å². The summed E-state index contributed by atoms with van der Waals surface area (Å²) in [4.78, 5) is 2.36. The summed E-state index contributed by atoms with van der Waals surface area (Å²) in [6.45, 7) is 0. The molecule has 0 aliphatic heterocycles. The monoisotopic (exact) mass is 677 g/mol. The summed E-state index contributed by atoms with van der Waals surface area (Å²) >= 11 is 0. The number of furan rings is 2. The van der Waals surface area contributed by atoms with Gasteiger partial charge in [0.1, 0.15) is 22.3 Å². The lowest BCUT2D eigenvalue weighted by atomic mass is 9.98. The van der Waals surface area contributed by atoms with Crippen LogP contribution in [0.25, 0.3) is 87.7 Å². The van der Waals surface area contributed by atoms with Crippen molar-refractivity contribution in [2.75, 3.05) is 4.90 Å². The van der Waals surface area contributed by atoms with E-state index in [-0.39, 0.29) is 0 Å². The molecule has 11 aromatic rings. The molecule has 9 aromatic carbocycles. The first kappa shape index (κ1) is 29.6. The van der Waals surface area contributed by atoms with Gasteiger partial charge < -0.3 is 13.7 Å². The normalized spacial score (nSPS) is 11.8. The summed E-state index contributed by atoms with van der Waals surface area (Å²) in [6, 6.07) is 67.0. The number of hydrogen-bond donors (Lipinski definition) is 0. The highest BCUT2D eigenvalue weighted by atomic mass is 16.3. The van der Waals surface area contributed by atoms with E-state index in [1.54, 1.807) is 0 Å². The second-order valence-electron chi connectivity index (χ2n) is 13.8. The molecule has 11 rings (SSSR count). The average Bonchev–Trinajstić information content (AvgIpc) is 3.77. The Morgan fingerprint density at radius 2 is 0.925 bits per heavy atom. The van der Waals surface area contributed by atoms with Crippen LogP contribution in [0.4, 0.5) is 17.1 Å². The Kier molecular flexibility index (Phi) is 6.55. The first-order valence-electron chi connectivity index (χ1n) is 18.0. The van der Waals surface area contributed by atoms with Crippen molar-refractivity contribution in [2.24, 2.45) is 0 Å². The van der Waals surface area contributed by atoms with Crippen LogP contribution in [0.2, 0.25) is 0 Å². The molecule has 0 fully saturated rings. The quantitative estimate of drug-likeness (QED) is 0.182. The summed E-state index contributed by atoms with van der Waals surface area (Å²) in [5.41, 5.74) is 11.2. The highest BCUT2D eigenvalue weighted by Crippen LogP contribution is 2.45. The van der Waals surface area contributed by atoms with Crippen molar-refractivity contribution in [3.8, 4) is 22.3 Å². The molecule has 0 aliphatic rings. The number of fused-ring (bicyclic) bond motifs is 8. The number of rotatable bonds is 5. The van der Waals surface area contributed by atoms with Crippen LogP contribution in [0.3, 0.4) is 0 Å². The molecule has 0 radical (unpaired) electrons. The van der Waals surface area contributed by atoms with Crippen LogP contribution in [-0.4, -0.2) is 0 Å². The lowest BCUT2D eigenvalue weighted by Crippen LogP contribution is -2.11. The van der Waals surface area contributed by atoms with Crippen molar-refractivity contribution < 1.29 is 8.83 Å². The summed E-state index contributed by atoms with van der Waals surface area (Å²) in [5.74, 6) is 0. The Morgan fingerprint density at radius 3 is 1.81 bits per heavy atom. The van der Waals surface area contributed by atoms with E-state index in [0.717, 1.165) is 77.6 Å². The molecule has 0 amide bonds. The first-order chi connectivity index (χ1) is 26.2. The van der Waals surface area contributed by atoms with Gasteiger partial charge in [0.15, 0.2) is 0 Å². The fourth-order valence-corrected chi connectivity index (χ4v) is 8.02. The number of hydrogen-bond acceptors (Lipinski definition) is 3. The van der Waals surface area contributed by atoms with Crippen LogP contribution in [0.15, 0.2) is 197 Å². The first-order valence-corrected chi connectivity index (χ1v) is 18.0. The van der Waals surface area contributed by atoms with Gasteiger partial charge in [-0.25, -0.2) is 0 Å². The van der Waals surface area contributed by atoms with Crippen LogP contribution in [-0.2, 0) is 0 Å². The zero-order chi connectivity index (χ0) is 34.9. The van der Waals surface area contributed by atoms with E-state index in [2.05, 4.69) is 181 Å². The highest BCUT2D eigenvalue weighted by molar-refractivity contribution is 6.11. The third kappa shape index (κ3) is 4.90. The molecule has 0 saturated carbocycles. The van der Waals surface area contributed by atoms with Crippen molar-refractivity contribution in [3.63, 3.8) is 0 Å². The van der Waals surface area contributed by atoms with E-state index in [9.17, 15) is 0 Å². The Balaban J connectivity index is 1.11. The predicted octanol–water partition coefficient (Wildman–Crippen LogP) is 14.6. The van der Waals surface area contributed by atoms with E-state index in [1.807, 2.05) is 12.1 Å². The van der Waals surface area contributed by atoms with E-state index < -0.39 is 0 Å². The third-order valence-electron chi connectivity index (χ3n) is 10.6. The number of anilines is 3. The number of benzene rings is 9. The molecule has 0 N–H and O–H groups in total. The van der Waals surface area contributed by atoms with Gasteiger partial charge in [0.25, 0.3) is 0 Å². The molecule has 3 heteroatoms. The van der Waals surface area contributed by atoms with E-state index in [0.29, 0.717) is 0 Å². The molecule has 2 heterocycles. The SMILES string of the molecule is c1cc(-c2ccc3ccccc3c2)cc(N(c2ccc3c(c2)oc2ccccc23)c2ccccc2-c2ccc3oc4cc5ccccc5cc4c3c2)c1. The maximum atomic E-state index is 6.44. The molecule has 0 bridgehead atoms. The van der Waals surface area contributed by atoms with E-state index >= 15 is 0 Å². The Labute approximate surface area is 305 Å². The summed E-state index contributed by atoms with van der Waals surface area (Å²) in [7, 11) is 0. The minimum Gasteiger partial charge on any atom is -0.456 e. The molecule has 0 aliphatic carbocycles. The van der Waals surface area contributed by atoms with Crippen molar-refractivity contribution in [1.82, 2.24) is 0 Å². The molecule has 2 aromatic heterocycles. The van der Waals surface area contributed by atoms with Gasteiger partial charge in [0.2, 0.25) is 0 Å². The number of para-hydroxylation sites is 2. The molecule has 0 unspecified atom stereocenters. The maximum Gasteiger partial charge on any atom is 0.137 e. The largest absolute Gasteiger partial charge is 0.456 e. The molecule has 3 nitrogen and oxygen atoms in total. The van der Waals surface area contributed by atoms with Crippen molar-refractivity contribution in [1.29, 1.82) is 0 Å². The molecule has 0 atom stereocenters. The lowest BCUT2D eigenvalue weighted by Gasteiger charge is -2.28. The minimum absolute atomic E-state index is 0.857. The van der Waals surface area contributed by atoms with Gasteiger partial charge in [0, 0.05) is 44.5 Å². The zero-order valence-corrected chi connectivity index (χ0v) is 28.7. The zero-order valence-electron chi connectivity index (χ0n) is 28.7. The molecular formula is C50H31NO2. The number of nitrogens with zero attached hydrogens (tertiary/aromatic N) is 1. The molecular weight excluding hydrogens is 647 g/mol. The Hall–Kier alpha value is -7.10. The van der Waals surface area contributed by atoms with Gasteiger partial charge in [-0.05, 0) is 105 Å². The minimum atomic E-state index is 0.857. The third-order valence-corrected chi connectivity index (χ3v) is 10.6. The topological polar surface area (TPSA) is 29.5 Å². The van der Waals surface area contributed by atoms with Crippen LogP contribution >= 0.6 is 0 Å². The van der Waals surface area contributed by atoms with Gasteiger partial charge in [-0.15, -0.1) is 0 Å². The Bertz CT molecular complexity index is 3200. The van der Waals surface area contributed by atoms with Gasteiger partial charge in [-0.3, -0.25) is 0 Å². The standard InChI is InChI=1S/C50H31NO2/c1-2-11-33-26-37(21-20-32(33)10-1)34-14-9-15-39(27-34)51(40-23-24-43-42-17-6-8-19-47(42)52-50(43)31-40)46-18-7-5-16-41(46)38-22-25-48-44(29-38)45-28-35-12-3-4-13-36(35)30-49(45)53-48/h1-31H. The summed E-state index contributed by atoms with van der Waals surface area (Å²) in [6.07, 6.45) is 0. The predicted molar refractivity (Wildman–Crippen MR) is 222 cm³/mol. The smallest absolute Gasteiger partial charge is 0.137 e. The highest BCUT2D eigenvalue weighted by Gasteiger charge is 2.20.